The summed E-state index contributed by atoms with van der Waals surface area (Å²) >= 11 is 1.32. The molecule has 0 atom stereocenters. The van der Waals surface area contributed by atoms with Gasteiger partial charge in [0, 0.05) is 16.1 Å². The van der Waals surface area contributed by atoms with E-state index in [0.717, 1.165) is 10.5 Å². The third-order valence-corrected chi connectivity index (χ3v) is 5.20. The lowest BCUT2D eigenvalue weighted by atomic mass is 10.1. The number of hydrogen-bond donors (Lipinski definition) is 3. The number of nitrogens with two attached hydrogens (primary N) is 1. The summed E-state index contributed by atoms with van der Waals surface area (Å²) in [6.07, 6.45) is 0. The van der Waals surface area contributed by atoms with Crippen LogP contribution in [0.25, 0.3) is 0 Å². The lowest BCUT2D eigenvalue weighted by molar-refractivity contribution is -0.113. The van der Waals surface area contributed by atoms with E-state index in [4.69, 9.17) is 5.73 Å². The van der Waals surface area contributed by atoms with E-state index in [2.05, 4.69) is 10.6 Å². The lowest BCUT2D eigenvalue weighted by Gasteiger charge is -2.10. The van der Waals surface area contributed by atoms with Crippen LogP contribution in [0.15, 0.2) is 77.7 Å². The van der Waals surface area contributed by atoms with Gasteiger partial charge in [0.2, 0.25) is 5.91 Å². The van der Waals surface area contributed by atoms with Gasteiger partial charge in [-0.25, -0.2) is 0 Å². The Bertz CT molecular complexity index is 1100. The SMILES string of the molecule is Cc1cccc(C(=O)Nc2cccc(SCC(=O)Nc3ccccc3C(N)=O)c2)c1. The van der Waals surface area contributed by atoms with E-state index in [1.54, 1.807) is 36.4 Å². The van der Waals surface area contributed by atoms with Gasteiger partial charge in [0.25, 0.3) is 11.8 Å². The molecule has 6 nitrogen and oxygen atoms in total. The van der Waals surface area contributed by atoms with E-state index in [1.807, 2.05) is 43.3 Å². The van der Waals surface area contributed by atoms with Crippen LogP contribution in [0.1, 0.15) is 26.3 Å². The Kier molecular flexibility index (Phi) is 6.87. The highest BCUT2D eigenvalue weighted by atomic mass is 32.2. The maximum Gasteiger partial charge on any atom is 0.255 e. The van der Waals surface area contributed by atoms with Crippen molar-refractivity contribution in [2.24, 2.45) is 5.73 Å². The number of anilines is 2. The van der Waals surface area contributed by atoms with Crippen LogP contribution >= 0.6 is 11.8 Å². The smallest absolute Gasteiger partial charge is 0.255 e. The van der Waals surface area contributed by atoms with Crippen molar-refractivity contribution in [3.8, 4) is 0 Å². The molecule has 0 fully saturated rings. The summed E-state index contributed by atoms with van der Waals surface area (Å²) in [7, 11) is 0. The Balaban J connectivity index is 1.60. The van der Waals surface area contributed by atoms with Gasteiger partial charge >= 0.3 is 0 Å². The van der Waals surface area contributed by atoms with E-state index in [1.165, 1.54) is 11.8 Å². The topological polar surface area (TPSA) is 101 Å². The second-order valence-corrected chi connectivity index (χ2v) is 7.65. The monoisotopic (exact) mass is 419 g/mol. The minimum atomic E-state index is -0.601. The first-order valence-corrected chi connectivity index (χ1v) is 10.2. The van der Waals surface area contributed by atoms with Crippen LogP contribution in [0, 0.1) is 6.92 Å². The maximum absolute atomic E-state index is 12.4. The van der Waals surface area contributed by atoms with Gasteiger partial charge in [0.1, 0.15) is 0 Å². The predicted octanol–water partition coefficient (Wildman–Crippen LogP) is 4.08. The number of hydrogen-bond acceptors (Lipinski definition) is 4. The second-order valence-electron chi connectivity index (χ2n) is 6.60. The standard InChI is InChI=1S/C23H21N3O3S/c1-15-6-4-7-16(12-15)23(29)25-17-8-5-9-18(13-17)30-14-21(27)26-20-11-3-2-10-19(20)22(24)28/h2-13H,14H2,1H3,(H2,24,28)(H,25,29)(H,26,27). The van der Waals surface area contributed by atoms with Crippen molar-refractivity contribution in [3.05, 3.63) is 89.5 Å². The molecule has 152 valence electrons. The average molecular weight is 420 g/mol. The average Bonchev–Trinajstić information content (AvgIpc) is 2.73. The van der Waals surface area contributed by atoms with Gasteiger partial charge < -0.3 is 16.4 Å². The van der Waals surface area contributed by atoms with Crippen LogP contribution < -0.4 is 16.4 Å². The molecule has 30 heavy (non-hydrogen) atoms. The molecule has 4 N–H and O–H groups in total. The van der Waals surface area contributed by atoms with E-state index in [-0.39, 0.29) is 23.1 Å². The quantitative estimate of drug-likeness (QED) is 0.502. The summed E-state index contributed by atoms with van der Waals surface area (Å²) in [4.78, 5) is 37.0. The van der Waals surface area contributed by atoms with Gasteiger partial charge in [0.15, 0.2) is 0 Å². The van der Waals surface area contributed by atoms with Crippen molar-refractivity contribution >= 4 is 40.9 Å². The maximum atomic E-state index is 12.4. The van der Waals surface area contributed by atoms with Crippen molar-refractivity contribution < 1.29 is 14.4 Å². The zero-order valence-electron chi connectivity index (χ0n) is 16.3. The zero-order chi connectivity index (χ0) is 21.5. The molecule has 3 aromatic rings. The largest absolute Gasteiger partial charge is 0.366 e. The Morgan fingerprint density at radius 2 is 1.67 bits per heavy atom. The summed E-state index contributed by atoms with van der Waals surface area (Å²) in [6, 6.07) is 21.2. The van der Waals surface area contributed by atoms with Crippen molar-refractivity contribution in [2.45, 2.75) is 11.8 Å². The van der Waals surface area contributed by atoms with Crippen LogP contribution in [-0.2, 0) is 4.79 Å². The molecule has 0 unspecified atom stereocenters. The molecule has 0 saturated carbocycles. The fourth-order valence-corrected chi connectivity index (χ4v) is 3.55. The van der Waals surface area contributed by atoms with Gasteiger partial charge in [-0.05, 0) is 49.4 Å². The number of carbonyl (C=O) groups excluding carboxylic acids is 3. The fraction of sp³-hybridized carbons (Fsp3) is 0.0870. The third-order valence-electron chi connectivity index (χ3n) is 4.21. The van der Waals surface area contributed by atoms with Crippen molar-refractivity contribution in [1.82, 2.24) is 0 Å². The number of rotatable bonds is 7. The minimum Gasteiger partial charge on any atom is -0.366 e. The molecule has 0 bridgehead atoms. The molecule has 0 aliphatic carbocycles. The molecule has 0 aliphatic rings. The number of aryl methyl sites for hydroxylation is 1. The van der Waals surface area contributed by atoms with Crippen molar-refractivity contribution in [2.75, 3.05) is 16.4 Å². The first-order chi connectivity index (χ1) is 14.4. The Hall–Kier alpha value is -3.58. The lowest BCUT2D eigenvalue weighted by Crippen LogP contribution is -2.19. The van der Waals surface area contributed by atoms with E-state index in [9.17, 15) is 14.4 Å². The summed E-state index contributed by atoms with van der Waals surface area (Å²) in [5.41, 5.74) is 8.22. The molecule has 3 amide bonds. The highest BCUT2D eigenvalue weighted by Crippen LogP contribution is 2.23. The molecular weight excluding hydrogens is 398 g/mol. The van der Waals surface area contributed by atoms with Gasteiger partial charge in [-0.1, -0.05) is 35.9 Å². The van der Waals surface area contributed by atoms with Crippen molar-refractivity contribution in [3.63, 3.8) is 0 Å². The number of para-hydroxylation sites is 1. The summed E-state index contributed by atoms with van der Waals surface area (Å²) < 4.78 is 0. The third kappa shape index (κ3) is 5.71. The van der Waals surface area contributed by atoms with Crippen LogP contribution in [0.4, 0.5) is 11.4 Å². The molecule has 7 heteroatoms. The molecular formula is C23H21N3O3S. The predicted molar refractivity (Wildman–Crippen MR) is 120 cm³/mol. The van der Waals surface area contributed by atoms with Gasteiger partial charge in [-0.15, -0.1) is 11.8 Å². The van der Waals surface area contributed by atoms with Gasteiger partial charge in [0.05, 0.1) is 17.0 Å². The summed E-state index contributed by atoms with van der Waals surface area (Å²) in [5.74, 6) is -0.914. The first kappa shape index (κ1) is 21.1. The molecule has 0 radical (unpaired) electrons. The van der Waals surface area contributed by atoms with Crippen LogP contribution in [0.2, 0.25) is 0 Å². The highest BCUT2D eigenvalue weighted by molar-refractivity contribution is 8.00. The van der Waals surface area contributed by atoms with Gasteiger partial charge in [-0.2, -0.15) is 0 Å². The number of thioether (sulfide) groups is 1. The van der Waals surface area contributed by atoms with E-state index >= 15 is 0 Å². The normalized spacial score (nSPS) is 10.3. The minimum absolute atomic E-state index is 0.141. The Morgan fingerprint density at radius 3 is 2.43 bits per heavy atom. The number of primary amides is 1. The Labute approximate surface area is 178 Å². The molecule has 0 saturated heterocycles. The van der Waals surface area contributed by atoms with Crippen molar-refractivity contribution in [1.29, 1.82) is 0 Å². The summed E-state index contributed by atoms with van der Waals surface area (Å²) in [5, 5.41) is 5.57. The summed E-state index contributed by atoms with van der Waals surface area (Å²) in [6.45, 7) is 1.93. The van der Waals surface area contributed by atoms with Crippen LogP contribution in [0.3, 0.4) is 0 Å². The number of nitrogens with one attached hydrogen (secondary N) is 2. The Morgan fingerprint density at radius 1 is 0.900 bits per heavy atom. The van der Waals surface area contributed by atoms with Gasteiger partial charge in [-0.3, -0.25) is 14.4 Å². The molecule has 3 aromatic carbocycles. The molecule has 0 spiro atoms. The molecule has 0 heterocycles. The second kappa shape index (κ2) is 9.76. The number of benzene rings is 3. The molecule has 0 aromatic heterocycles. The van der Waals surface area contributed by atoms with Crippen LogP contribution in [0.5, 0.6) is 0 Å². The molecule has 3 rings (SSSR count). The van der Waals surface area contributed by atoms with E-state index in [0.29, 0.717) is 16.9 Å². The van der Waals surface area contributed by atoms with Crippen LogP contribution in [-0.4, -0.2) is 23.5 Å². The number of amides is 3. The molecule has 0 aliphatic heterocycles. The highest BCUT2D eigenvalue weighted by Gasteiger charge is 2.11. The zero-order valence-corrected chi connectivity index (χ0v) is 17.2. The fourth-order valence-electron chi connectivity index (χ4n) is 2.80. The number of carbonyl (C=O) groups is 3. The van der Waals surface area contributed by atoms with E-state index < -0.39 is 5.91 Å². The first-order valence-electron chi connectivity index (χ1n) is 9.22.